The molecule has 0 aliphatic carbocycles. The van der Waals surface area contributed by atoms with Gasteiger partial charge in [-0.2, -0.15) is 13.2 Å². The minimum absolute atomic E-state index is 0.0117. The van der Waals surface area contributed by atoms with E-state index in [-0.39, 0.29) is 11.4 Å². The van der Waals surface area contributed by atoms with Gasteiger partial charge in [-0.3, -0.25) is 10.1 Å². The Morgan fingerprint density at radius 3 is 2.86 bits per heavy atom. The molecule has 0 bridgehead atoms. The normalized spacial score (nSPS) is 25.1. The SMILES string of the molecule is O=[N+]([O-])c1cnc(C(F)(F)F)cc1N1CCC2NCCC2C1. The van der Waals surface area contributed by atoms with Crippen molar-refractivity contribution in [2.45, 2.75) is 25.1 Å². The van der Waals surface area contributed by atoms with E-state index < -0.39 is 16.8 Å². The Morgan fingerprint density at radius 2 is 2.18 bits per heavy atom. The standard InChI is InChI=1S/C13H15F3N4O2/c14-13(15,16)12-5-10(11(6-18-12)20(21)22)19-4-2-9-8(7-19)1-3-17-9/h5-6,8-9,17H,1-4,7H2. The molecule has 0 radical (unpaired) electrons. The van der Waals surface area contributed by atoms with Gasteiger partial charge in [0.2, 0.25) is 0 Å². The highest BCUT2D eigenvalue weighted by molar-refractivity contribution is 5.63. The number of hydrogen-bond donors (Lipinski definition) is 1. The van der Waals surface area contributed by atoms with Crippen molar-refractivity contribution in [3.63, 3.8) is 0 Å². The number of aromatic nitrogens is 1. The molecule has 2 unspecified atom stereocenters. The second kappa shape index (κ2) is 5.38. The third kappa shape index (κ3) is 2.72. The number of nitrogens with one attached hydrogen (secondary N) is 1. The van der Waals surface area contributed by atoms with Crippen LogP contribution >= 0.6 is 0 Å². The molecule has 1 aromatic heterocycles. The Hall–Kier alpha value is -1.90. The molecule has 2 aliphatic heterocycles. The molecule has 2 atom stereocenters. The lowest BCUT2D eigenvalue weighted by Gasteiger charge is -2.36. The molecule has 2 aliphatic rings. The highest BCUT2D eigenvalue weighted by atomic mass is 19.4. The van der Waals surface area contributed by atoms with Crippen molar-refractivity contribution in [3.05, 3.63) is 28.1 Å². The fourth-order valence-electron chi connectivity index (χ4n) is 3.25. The van der Waals surface area contributed by atoms with Crippen LogP contribution in [0.5, 0.6) is 0 Å². The van der Waals surface area contributed by atoms with Gasteiger partial charge in [-0.1, -0.05) is 0 Å². The van der Waals surface area contributed by atoms with E-state index in [4.69, 9.17) is 0 Å². The molecule has 22 heavy (non-hydrogen) atoms. The second-order valence-corrected chi connectivity index (χ2v) is 5.66. The third-order valence-electron chi connectivity index (χ3n) is 4.35. The van der Waals surface area contributed by atoms with Gasteiger partial charge < -0.3 is 10.2 Å². The number of piperidine rings is 1. The van der Waals surface area contributed by atoms with Gasteiger partial charge in [0, 0.05) is 19.1 Å². The van der Waals surface area contributed by atoms with Crippen LogP contribution in [-0.4, -0.2) is 35.6 Å². The fraction of sp³-hybridized carbons (Fsp3) is 0.615. The Balaban J connectivity index is 1.95. The number of halogens is 3. The van der Waals surface area contributed by atoms with Gasteiger partial charge in [-0.25, -0.2) is 4.98 Å². The first-order valence-corrected chi connectivity index (χ1v) is 7.06. The van der Waals surface area contributed by atoms with Crippen LogP contribution in [0.2, 0.25) is 0 Å². The smallest absolute Gasteiger partial charge is 0.365 e. The van der Waals surface area contributed by atoms with Gasteiger partial charge >= 0.3 is 11.9 Å². The second-order valence-electron chi connectivity index (χ2n) is 5.66. The average molecular weight is 316 g/mol. The van der Waals surface area contributed by atoms with Crippen LogP contribution in [0.25, 0.3) is 0 Å². The van der Waals surface area contributed by atoms with E-state index >= 15 is 0 Å². The van der Waals surface area contributed by atoms with E-state index in [1.807, 2.05) is 0 Å². The number of nitro groups is 1. The molecule has 2 fully saturated rings. The number of alkyl halides is 3. The molecule has 0 spiro atoms. The Labute approximate surface area is 124 Å². The number of nitrogens with zero attached hydrogens (tertiary/aromatic N) is 3. The van der Waals surface area contributed by atoms with Crippen LogP contribution in [-0.2, 0) is 6.18 Å². The van der Waals surface area contributed by atoms with E-state index in [0.29, 0.717) is 31.2 Å². The van der Waals surface area contributed by atoms with Crippen LogP contribution < -0.4 is 10.2 Å². The molecule has 6 nitrogen and oxygen atoms in total. The maximum Gasteiger partial charge on any atom is 0.433 e. The van der Waals surface area contributed by atoms with Crippen LogP contribution in [0, 0.1) is 16.0 Å². The van der Waals surface area contributed by atoms with E-state index in [1.54, 1.807) is 4.90 Å². The predicted octanol–water partition coefficient (Wildman–Crippen LogP) is 2.20. The van der Waals surface area contributed by atoms with Crippen molar-refractivity contribution in [3.8, 4) is 0 Å². The predicted molar refractivity (Wildman–Crippen MR) is 72.6 cm³/mol. The molecule has 3 heterocycles. The highest BCUT2D eigenvalue weighted by Crippen LogP contribution is 2.37. The quantitative estimate of drug-likeness (QED) is 0.669. The summed E-state index contributed by atoms with van der Waals surface area (Å²) < 4.78 is 38.5. The lowest BCUT2D eigenvalue weighted by atomic mass is 9.93. The molecular weight excluding hydrogens is 301 g/mol. The van der Waals surface area contributed by atoms with Gasteiger partial charge in [0.25, 0.3) is 0 Å². The van der Waals surface area contributed by atoms with Gasteiger partial charge in [0.15, 0.2) is 0 Å². The Bertz CT molecular complexity index is 593. The first-order valence-electron chi connectivity index (χ1n) is 7.06. The van der Waals surface area contributed by atoms with Gasteiger partial charge in [0.1, 0.15) is 17.6 Å². The number of fused-ring (bicyclic) bond motifs is 1. The summed E-state index contributed by atoms with van der Waals surface area (Å²) in [7, 11) is 0. The fourth-order valence-corrected chi connectivity index (χ4v) is 3.25. The summed E-state index contributed by atoms with van der Waals surface area (Å²) in [6, 6.07) is 1.15. The summed E-state index contributed by atoms with van der Waals surface area (Å²) in [4.78, 5) is 15.3. The Kier molecular flexibility index (Phi) is 3.67. The third-order valence-corrected chi connectivity index (χ3v) is 4.35. The monoisotopic (exact) mass is 316 g/mol. The molecule has 9 heteroatoms. The van der Waals surface area contributed by atoms with Gasteiger partial charge in [0.05, 0.1) is 4.92 Å². The van der Waals surface area contributed by atoms with Gasteiger partial charge in [-0.05, 0) is 31.4 Å². The van der Waals surface area contributed by atoms with E-state index in [9.17, 15) is 23.3 Å². The van der Waals surface area contributed by atoms with Crippen molar-refractivity contribution < 1.29 is 18.1 Å². The number of rotatable bonds is 2. The molecule has 1 aromatic rings. The molecule has 0 saturated carbocycles. The van der Waals surface area contributed by atoms with E-state index in [0.717, 1.165) is 25.5 Å². The number of hydrogen-bond acceptors (Lipinski definition) is 5. The zero-order chi connectivity index (χ0) is 15.9. The molecule has 0 amide bonds. The maximum atomic E-state index is 12.8. The highest BCUT2D eigenvalue weighted by Gasteiger charge is 2.38. The van der Waals surface area contributed by atoms with Crippen molar-refractivity contribution in [2.75, 3.05) is 24.5 Å². The van der Waals surface area contributed by atoms with E-state index in [2.05, 4.69) is 10.3 Å². The molecule has 0 aromatic carbocycles. The number of pyridine rings is 1. The molecular formula is C13H15F3N4O2. The number of anilines is 1. The van der Waals surface area contributed by atoms with Crippen molar-refractivity contribution >= 4 is 11.4 Å². The largest absolute Gasteiger partial charge is 0.433 e. The topological polar surface area (TPSA) is 71.3 Å². The van der Waals surface area contributed by atoms with E-state index in [1.165, 1.54) is 0 Å². The summed E-state index contributed by atoms with van der Waals surface area (Å²) in [6.07, 6.45) is -2.20. The first kappa shape index (κ1) is 15.0. The van der Waals surface area contributed by atoms with Crippen LogP contribution in [0.4, 0.5) is 24.5 Å². The summed E-state index contributed by atoms with van der Waals surface area (Å²) in [5.74, 6) is 0.316. The summed E-state index contributed by atoms with van der Waals surface area (Å²) in [5, 5.41) is 14.4. The molecule has 2 saturated heterocycles. The van der Waals surface area contributed by atoms with Crippen molar-refractivity contribution in [2.24, 2.45) is 5.92 Å². The minimum atomic E-state index is -4.61. The van der Waals surface area contributed by atoms with Gasteiger partial charge in [-0.15, -0.1) is 0 Å². The minimum Gasteiger partial charge on any atom is -0.365 e. The zero-order valence-electron chi connectivity index (χ0n) is 11.6. The molecule has 1 N–H and O–H groups in total. The van der Waals surface area contributed by atoms with Crippen molar-refractivity contribution in [1.82, 2.24) is 10.3 Å². The summed E-state index contributed by atoms with van der Waals surface area (Å²) in [5.41, 5.74) is -1.46. The zero-order valence-corrected chi connectivity index (χ0v) is 11.6. The van der Waals surface area contributed by atoms with Crippen LogP contribution in [0.3, 0.4) is 0 Å². The lowest BCUT2D eigenvalue weighted by Crippen LogP contribution is -2.44. The summed E-state index contributed by atoms with van der Waals surface area (Å²) in [6.45, 7) is 1.91. The van der Waals surface area contributed by atoms with Crippen molar-refractivity contribution in [1.29, 1.82) is 0 Å². The van der Waals surface area contributed by atoms with Crippen LogP contribution in [0.1, 0.15) is 18.5 Å². The maximum absolute atomic E-state index is 12.8. The molecule has 120 valence electrons. The lowest BCUT2D eigenvalue weighted by molar-refractivity contribution is -0.384. The van der Waals surface area contributed by atoms with Crippen LogP contribution in [0.15, 0.2) is 12.3 Å². The summed E-state index contributed by atoms with van der Waals surface area (Å²) >= 11 is 0. The first-order chi connectivity index (χ1) is 10.4. The average Bonchev–Trinajstić information content (AvgIpc) is 2.92. The molecule has 3 rings (SSSR count). The Morgan fingerprint density at radius 1 is 1.41 bits per heavy atom.